The van der Waals surface area contributed by atoms with Crippen LogP contribution in [0.2, 0.25) is 0 Å². The van der Waals surface area contributed by atoms with Crippen LogP contribution in [-0.2, 0) is 78.6 Å². The van der Waals surface area contributed by atoms with Crippen molar-refractivity contribution < 1.29 is 61.8 Å². The number of ether oxygens (including phenoxy) is 9. The molecule has 0 spiro atoms. The molecule has 0 bridgehead atoms. The second-order valence-electron chi connectivity index (χ2n) is 30.5. The van der Waals surface area contributed by atoms with Crippen molar-refractivity contribution in [2.24, 2.45) is 0 Å². The van der Waals surface area contributed by atoms with E-state index in [0.29, 0.717) is 18.4 Å². The molecule has 14 nitrogen and oxygen atoms in total. The van der Waals surface area contributed by atoms with Gasteiger partial charge in [-0.2, -0.15) is 0 Å². The molecule has 9 atom stereocenters. The average Bonchev–Trinajstić information content (AvgIpc) is 0.786. The summed E-state index contributed by atoms with van der Waals surface area (Å²) in [5.41, 5.74) is 4.26. The Morgan fingerprint density at radius 2 is 0.682 bits per heavy atom. The lowest BCUT2D eigenvalue weighted by Gasteiger charge is -2.46. The monoisotopic (exact) mass is 1510 g/mol. The van der Waals surface area contributed by atoms with Gasteiger partial charge in [-0.15, -0.1) is 0 Å². The Labute approximate surface area is 662 Å². The molecule has 6 aromatic carbocycles. The van der Waals surface area contributed by atoms with Gasteiger partial charge in [0, 0.05) is 6.92 Å². The molecule has 1 aliphatic rings. The zero-order valence-corrected chi connectivity index (χ0v) is 67.4. The summed E-state index contributed by atoms with van der Waals surface area (Å²) < 4.78 is 61.7. The fourth-order valence-electron chi connectivity index (χ4n) is 14.7. The molecule has 7 rings (SSSR count). The van der Waals surface area contributed by atoms with Crippen LogP contribution in [0.25, 0.3) is 0 Å². The van der Waals surface area contributed by atoms with E-state index in [1.54, 1.807) is 48.5 Å². The second kappa shape index (κ2) is 57.9. The molecule has 1 aliphatic heterocycles. The van der Waals surface area contributed by atoms with Gasteiger partial charge in [0.15, 0.2) is 18.5 Å². The summed E-state index contributed by atoms with van der Waals surface area (Å²) in [4.78, 5) is 58.4. The minimum absolute atomic E-state index is 0.0443. The van der Waals surface area contributed by atoms with E-state index in [-0.39, 0.29) is 51.4 Å². The van der Waals surface area contributed by atoms with Gasteiger partial charge in [0.1, 0.15) is 30.5 Å². The van der Waals surface area contributed by atoms with E-state index >= 15 is 4.79 Å². The first kappa shape index (κ1) is 90.2. The van der Waals surface area contributed by atoms with Crippen LogP contribution in [0, 0.1) is 0 Å². The Morgan fingerprint density at radius 3 is 1.06 bits per heavy atom. The molecule has 0 saturated carbocycles. The summed E-state index contributed by atoms with van der Waals surface area (Å²) in [6.07, 6.45) is 35.6. The highest BCUT2D eigenvalue weighted by molar-refractivity contribution is 5.90. The van der Waals surface area contributed by atoms with Crippen LogP contribution < -0.4 is 5.32 Å². The second-order valence-corrected chi connectivity index (χ2v) is 30.5. The van der Waals surface area contributed by atoms with Crippen molar-refractivity contribution in [3.05, 3.63) is 215 Å². The van der Waals surface area contributed by atoms with Crippen molar-refractivity contribution in [3.63, 3.8) is 0 Å². The van der Waals surface area contributed by atoms with E-state index in [2.05, 4.69) is 19.2 Å². The summed E-state index contributed by atoms with van der Waals surface area (Å²) in [7, 11) is 0. The summed E-state index contributed by atoms with van der Waals surface area (Å²) >= 11 is 0. The van der Waals surface area contributed by atoms with Crippen LogP contribution in [0.5, 0.6) is 0 Å². The van der Waals surface area contributed by atoms with Gasteiger partial charge in [0.25, 0.3) is 5.91 Å². The van der Waals surface area contributed by atoms with Crippen LogP contribution in [-0.4, -0.2) is 92.1 Å². The predicted molar refractivity (Wildman–Crippen MR) is 441 cm³/mol. The SMILES string of the molecule is CCCCCCCCCCCCCCCCCCCCCCCC[C@@H](OC(C)=O)C(=O)N[C@@H](CO[C@H]1O[C@H](COCc2ccccc2)[C@H](OCc2ccccc2)[C@H](OCc2ccccc2)[C@H]1OCc1ccccc1)[C@H](OC(=O)c1ccccc1)[C@@H](CCCCCCCCCCCCCCCC)OC(=O)c1ccccc1. The number of unbranched alkanes of at least 4 members (excludes halogenated alkanes) is 34. The molecular formula is C96H137NO13. The molecule has 0 radical (unpaired) electrons. The Morgan fingerprint density at radius 1 is 0.355 bits per heavy atom. The first-order chi connectivity index (χ1) is 54.2. The number of nitrogens with one attached hydrogen (secondary N) is 1. The first-order valence-corrected chi connectivity index (χ1v) is 43.0. The van der Waals surface area contributed by atoms with Gasteiger partial charge in [-0.1, -0.05) is 390 Å². The number of hydrogen-bond donors (Lipinski definition) is 1. The van der Waals surface area contributed by atoms with Crippen molar-refractivity contribution >= 4 is 23.8 Å². The maximum atomic E-state index is 15.5. The van der Waals surface area contributed by atoms with Crippen molar-refractivity contribution in [2.75, 3.05) is 13.2 Å². The van der Waals surface area contributed by atoms with Gasteiger partial charge in [-0.05, 0) is 72.2 Å². The lowest BCUT2D eigenvalue weighted by molar-refractivity contribution is -0.329. The van der Waals surface area contributed by atoms with Crippen molar-refractivity contribution in [3.8, 4) is 0 Å². The molecule has 604 valence electrons. The number of hydrogen-bond acceptors (Lipinski definition) is 13. The normalized spacial score (nSPS) is 16.7. The van der Waals surface area contributed by atoms with E-state index in [1.807, 2.05) is 133 Å². The summed E-state index contributed by atoms with van der Waals surface area (Å²) in [5.74, 6) is -2.56. The fraction of sp³-hybridized carbons (Fsp3) is 0.583. The number of carbonyl (C=O) groups excluding carboxylic acids is 4. The van der Waals surface area contributed by atoms with Crippen LogP contribution >= 0.6 is 0 Å². The third-order valence-electron chi connectivity index (χ3n) is 21.2. The molecule has 1 amide bonds. The molecule has 14 heteroatoms. The summed E-state index contributed by atoms with van der Waals surface area (Å²) in [6, 6.07) is 55.7. The topological polar surface area (TPSA) is 163 Å². The number of carbonyl (C=O) groups is 4. The molecule has 1 fully saturated rings. The quantitative estimate of drug-likeness (QED) is 0.0218. The molecule has 6 aromatic rings. The van der Waals surface area contributed by atoms with E-state index in [4.69, 9.17) is 42.6 Å². The number of amides is 1. The van der Waals surface area contributed by atoms with Crippen molar-refractivity contribution in [1.29, 1.82) is 0 Å². The summed E-state index contributed by atoms with van der Waals surface area (Å²) in [6.45, 7) is 6.28. The molecule has 1 saturated heterocycles. The third-order valence-corrected chi connectivity index (χ3v) is 21.2. The lowest BCUT2D eigenvalue weighted by atomic mass is 9.97. The van der Waals surface area contributed by atoms with Crippen LogP contribution in [0.4, 0.5) is 0 Å². The molecular weight excluding hydrogens is 1380 g/mol. The highest BCUT2D eigenvalue weighted by atomic mass is 16.7. The van der Waals surface area contributed by atoms with Gasteiger partial charge >= 0.3 is 17.9 Å². The van der Waals surface area contributed by atoms with Crippen LogP contribution in [0.15, 0.2) is 182 Å². The van der Waals surface area contributed by atoms with Gasteiger partial charge < -0.3 is 47.9 Å². The molecule has 0 unspecified atom stereocenters. The zero-order chi connectivity index (χ0) is 77.4. The Hall–Kier alpha value is -7.04. The standard InChI is InChI=1S/C96H137NO13/c1-4-6-8-10-12-14-16-18-20-21-22-23-24-25-26-27-29-31-33-35-37-57-71-87(107-78(3)98)93(99)97-85(89(110-95(101)84-68-54-43-55-69-84)86(108-94(100)83-66-52-42-53-67-83)70-56-36-34-32-30-28-19-17-15-13-11-9-7-5-2)76-106-96-92(105-75-82-64-50-41-51-65-82)91(104-74-81-62-48-40-49-63-81)90(103-73-80-60-46-39-47-61-80)88(109-96)77-102-72-79-58-44-38-45-59-79/h38-55,58-69,85-92,96H,4-37,56-57,70-77H2,1-3H3,(H,97,99)/t85-,86+,87+,88+,89-,90-,91-,92+,96-/m0/s1. The number of rotatable bonds is 63. The van der Waals surface area contributed by atoms with Crippen LogP contribution in [0.1, 0.15) is 308 Å². The number of esters is 3. The maximum Gasteiger partial charge on any atom is 0.338 e. The van der Waals surface area contributed by atoms with E-state index in [0.717, 1.165) is 73.6 Å². The van der Waals surface area contributed by atoms with Gasteiger partial charge in [-0.3, -0.25) is 9.59 Å². The lowest BCUT2D eigenvalue weighted by Crippen LogP contribution is -2.63. The Kier molecular flexibility index (Phi) is 47.5. The Balaban J connectivity index is 1.16. The van der Waals surface area contributed by atoms with Gasteiger partial charge in [0.05, 0.1) is 56.8 Å². The molecule has 110 heavy (non-hydrogen) atoms. The minimum atomic E-state index is -1.39. The predicted octanol–water partition coefficient (Wildman–Crippen LogP) is 23.4. The van der Waals surface area contributed by atoms with Crippen LogP contribution in [0.3, 0.4) is 0 Å². The Bertz CT molecular complexity index is 3260. The van der Waals surface area contributed by atoms with Gasteiger partial charge in [0.2, 0.25) is 0 Å². The largest absolute Gasteiger partial charge is 0.455 e. The first-order valence-electron chi connectivity index (χ1n) is 43.0. The molecule has 1 heterocycles. The van der Waals surface area contributed by atoms with Crippen molar-refractivity contribution in [2.45, 2.75) is 346 Å². The zero-order valence-electron chi connectivity index (χ0n) is 67.4. The summed E-state index contributed by atoms with van der Waals surface area (Å²) in [5, 5.41) is 3.23. The number of benzene rings is 6. The molecule has 0 aliphatic carbocycles. The average molecular weight is 1510 g/mol. The van der Waals surface area contributed by atoms with Crippen molar-refractivity contribution in [1.82, 2.24) is 5.32 Å². The highest BCUT2D eigenvalue weighted by Crippen LogP contribution is 2.34. The van der Waals surface area contributed by atoms with E-state index < -0.39 is 85.5 Å². The maximum absolute atomic E-state index is 15.5. The molecule has 0 aromatic heterocycles. The molecule has 1 N–H and O–H groups in total. The highest BCUT2D eigenvalue weighted by Gasteiger charge is 2.50. The third kappa shape index (κ3) is 38.0. The van der Waals surface area contributed by atoms with Gasteiger partial charge in [-0.25, -0.2) is 9.59 Å². The minimum Gasteiger partial charge on any atom is -0.455 e. The fourth-order valence-corrected chi connectivity index (χ4v) is 14.7. The van der Waals surface area contributed by atoms with E-state index in [1.165, 1.54) is 174 Å². The smallest absolute Gasteiger partial charge is 0.338 e. The van der Waals surface area contributed by atoms with E-state index in [9.17, 15) is 14.4 Å².